The van der Waals surface area contributed by atoms with Gasteiger partial charge in [-0.2, -0.15) is 0 Å². The first-order chi connectivity index (χ1) is 25.8. The van der Waals surface area contributed by atoms with Crippen LogP contribution in [0, 0.1) is 0 Å². The van der Waals surface area contributed by atoms with Crippen LogP contribution in [-0.2, 0) is 5.41 Å². The Bertz CT molecular complexity index is 2840. The van der Waals surface area contributed by atoms with E-state index in [1.807, 2.05) is 60.7 Å². The number of para-hydroxylation sites is 3. The number of hydrogen-bond donors (Lipinski definition) is 1. The molecule has 9 rings (SSSR count). The van der Waals surface area contributed by atoms with Crippen molar-refractivity contribution in [1.82, 2.24) is 4.98 Å². The van der Waals surface area contributed by atoms with Crippen molar-refractivity contribution < 1.29 is 13.9 Å². The fourth-order valence-corrected chi connectivity index (χ4v) is 7.02. The maximum Gasteiger partial charge on any atom is 0.229 e. The van der Waals surface area contributed by atoms with E-state index >= 15 is 0 Å². The Labute approximate surface area is 307 Å². The minimum atomic E-state index is -0.0709. The lowest BCUT2D eigenvalue weighted by Crippen LogP contribution is -2.11. The van der Waals surface area contributed by atoms with Gasteiger partial charge >= 0.3 is 0 Å². The first-order valence-electron chi connectivity index (χ1n) is 17.8. The molecule has 0 amide bonds. The van der Waals surface area contributed by atoms with E-state index in [0.717, 1.165) is 72.0 Å². The van der Waals surface area contributed by atoms with E-state index in [9.17, 15) is 5.11 Å². The molecule has 0 aliphatic carbocycles. The number of phenolic OH excluding ortho intramolecular Hbond substituents is 1. The van der Waals surface area contributed by atoms with Gasteiger partial charge in [0.1, 0.15) is 22.4 Å². The quantitative estimate of drug-likeness (QED) is 0.177. The van der Waals surface area contributed by atoms with E-state index in [-0.39, 0.29) is 11.2 Å². The highest BCUT2D eigenvalue weighted by molar-refractivity contribution is 6.12. The topological polar surface area (TPSA) is 71.8 Å². The van der Waals surface area contributed by atoms with Gasteiger partial charge in [0.05, 0.1) is 11.3 Å². The van der Waals surface area contributed by atoms with Crippen molar-refractivity contribution >= 4 is 44.9 Å². The van der Waals surface area contributed by atoms with Crippen LogP contribution in [0.15, 0.2) is 165 Å². The Hall–Kier alpha value is -6.72. The van der Waals surface area contributed by atoms with E-state index in [1.165, 1.54) is 0 Å². The molecule has 0 saturated heterocycles. The molecule has 0 unspecified atom stereocenters. The normalized spacial score (nSPS) is 12.1. The van der Waals surface area contributed by atoms with Crippen LogP contribution in [0.4, 0.5) is 5.69 Å². The number of aliphatic imine (C=N–C) groups is 1. The van der Waals surface area contributed by atoms with Crippen molar-refractivity contribution in [3.63, 3.8) is 0 Å². The molecule has 0 radical (unpaired) electrons. The Balaban J connectivity index is 1.22. The Kier molecular flexibility index (Phi) is 7.78. The predicted molar refractivity (Wildman–Crippen MR) is 217 cm³/mol. The monoisotopic (exact) mass is 688 g/mol. The number of hydrogen-bond acceptors (Lipinski definition) is 5. The Morgan fingerprint density at radius 3 is 2.11 bits per heavy atom. The zero-order valence-corrected chi connectivity index (χ0v) is 29.7. The molecular weight excluding hydrogens is 653 g/mol. The van der Waals surface area contributed by atoms with E-state index in [0.29, 0.717) is 22.7 Å². The molecule has 2 aromatic heterocycles. The first kappa shape index (κ1) is 32.2. The number of benzene rings is 7. The summed E-state index contributed by atoms with van der Waals surface area (Å²) in [6.07, 6.45) is 1.71. The van der Waals surface area contributed by atoms with E-state index in [2.05, 4.69) is 106 Å². The molecule has 0 spiro atoms. The van der Waals surface area contributed by atoms with Crippen molar-refractivity contribution in [3.8, 4) is 50.6 Å². The molecule has 9 aromatic rings. The van der Waals surface area contributed by atoms with Gasteiger partial charge < -0.3 is 13.9 Å². The van der Waals surface area contributed by atoms with Crippen LogP contribution in [0.1, 0.15) is 31.9 Å². The molecule has 2 heterocycles. The second-order valence-electron chi connectivity index (χ2n) is 14.4. The fourth-order valence-electron chi connectivity index (χ4n) is 7.02. The Morgan fingerprint density at radius 2 is 1.26 bits per heavy atom. The summed E-state index contributed by atoms with van der Waals surface area (Å²) in [6.45, 7) is 6.45. The van der Waals surface area contributed by atoms with Gasteiger partial charge in [-0.15, -0.1) is 0 Å². The summed E-state index contributed by atoms with van der Waals surface area (Å²) in [4.78, 5) is 10.0. The highest BCUT2D eigenvalue weighted by Gasteiger charge is 2.21. The average Bonchev–Trinajstić information content (AvgIpc) is 3.79. The molecule has 1 N–H and O–H groups in total. The molecule has 5 nitrogen and oxygen atoms in total. The van der Waals surface area contributed by atoms with Gasteiger partial charge in [-0.3, -0.25) is 4.99 Å². The largest absolute Gasteiger partial charge is 0.507 e. The number of rotatable bonds is 6. The van der Waals surface area contributed by atoms with Crippen LogP contribution in [0.3, 0.4) is 0 Å². The molecule has 0 aliphatic heterocycles. The molecule has 53 heavy (non-hydrogen) atoms. The van der Waals surface area contributed by atoms with Gasteiger partial charge in [-0.25, -0.2) is 4.98 Å². The number of oxazole rings is 1. The van der Waals surface area contributed by atoms with Crippen molar-refractivity contribution in [3.05, 3.63) is 163 Å². The van der Waals surface area contributed by atoms with Crippen LogP contribution in [0.2, 0.25) is 0 Å². The van der Waals surface area contributed by atoms with Gasteiger partial charge in [-0.05, 0) is 81.8 Å². The molecule has 5 heteroatoms. The SMILES string of the molecule is CC(C)(C)c1ccc(O)c(C=Nc2ccccc2-c2nc3c(-c4cccc5c4oc4ccccc45)cc(-c4cccc(-c5ccccc5)c4)cc3o2)c1. The number of phenols is 1. The molecule has 0 aliphatic rings. The van der Waals surface area contributed by atoms with Gasteiger partial charge in [0.15, 0.2) is 5.58 Å². The second-order valence-corrected chi connectivity index (χ2v) is 14.4. The third-order valence-electron chi connectivity index (χ3n) is 9.86. The van der Waals surface area contributed by atoms with Crippen molar-refractivity contribution in [1.29, 1.82) is 0 Å². The van der Waals surface area contributed by atoms with Crippen molar-refractivity contribution in [2.45, 2.75) is 26.2 Å². The summed E-state index contributed by atoms with van der Waals surface area (Å²) in [5, 5.41) is 12.8. The third kappa shape index (κ3) is 5.96. The number of aromatic hydroxyl groups is 1. The standard InChI is InChI=1S/C48H36N2O3/c1-48(2,3)35-23-24-42(51)34(26-35)29-49-41-21-9-7-18-39(41)47-50-45-40(38-20-12-19-37-36-17-8-10-22-43(36)52-46(37)38)27-33(28-44(45)53-47)32-16-11-15-31(25-32)30-13-5-4-6-14-30/h4-29,51H,1-3H3. The number of aromatic nitrogens is 1. The summed E-state index contributed by atoms with van der Waals surface area (Å²) < 4.78 is 13.2. The van der Waals surface area contributed by atoms with Gasteiger partial charge in [-0.1, -0.05) is 124 Å². The highest BCUT2D eigenvalue weighted by atomic mass is 16.3. The first-order valence-corrected chi connectivity index (χ1v) is 17.8. The minimum absolute atomic E-state index is 0.0709. The summed E-state index contributed by atoms with van der Waals surface area (Å²) in [6, 6.07) is 51.1. The van der Waals surface area contributed by atoms with Crippen LogP contribution >= 0.6 is 0 Å². The Morgan fingerprint density at radius 1 is 0.566 bits per heavy atom. The average molecular weight is 689 g/mol. The van der Waals surface area contributed by atoms with Crippen LogP contribution < -0.4 is 0 Å². The molecule has 0 fully saturated rings. The van der Waals surface area contributed by atoms with Crippen molar-refractivity contribution in [2.75, 3.05) is 0 Å². The molecule has 0 atom stereocenters. The molecular formula is C48H36N2O3. The maximum atomic E-state index is 10.7. The van der Waals surface area contributed by atoms with Gasteiger partial charge in [0.25, 0.3) is 0 Å². The maximum absolute atomic E-state index is 10.7. The molecule has 256 valence electrons. The minimum Gasteiger partial charge on any atom is -0.507 e. The lowest BCUT2D eigenvalue weighted by Gasteiger charge is -2.19. The predicted octanol–water partition coefficient (Wildman–Crippen LogP) is 13.1. The lowest BCUT2D eigenvalue weighted by molar-refractivity contribution is 0.473. The van der Waals surface area contributed by atoms with Gasteiger partial charge in [0.2, 0.25) is 5.89 Å². The van der Waals surface area contributed by atoms with Gasteiger partial charge in [0, 0.05) is 33.7 Å². The van der Waals surface area contributed by atoms with E-state index in [1.54, 1.807) is 12.3 Å². The molecule has 0 saturated carbocycles. The number of furan rings is 1. The fraction of sp³-hybridized carbons (Fsp3) is 0.0833. The summed E-state index contributed by atoms with van der Waals surface area (Å²) in [7, 11) is 0. The number of fused-ring (bicyclic) bond motifs is 4. The van der Waals surface area contributed by atoms with Crippen LogP contribution in [-0.4, -0.2) is 16.3 Å². The smallest absolute Gasteiger partial charge is 0.229 e. The molecule has 7 aromatic carbocycles. The summed E-state index contributed by atoms with van der Waals surface area (Å²) in [5.41, 5.74) is 12.3. The molecule has 0 bridgehead atoms. The lowest BCUT2D eigenvalue weighted by atomic mass is 9.86. The zero-order valence-electron chi connectivity index (χ0n) is 29.7. The number of nitrogens with zero attached hydrogens (tertiary/aromatic N) is 2. The van der Waals surface area contributed by atoms with E-state index < -0.39 is 0 Å². The highest BCUT2D eigenvalue weighted by Crippen LogP contribution is 2.43. The van der Waals surface area contributed by atoms with Crippen LogP contribution in [0.5, 0.6) is 5.75 Å². The third-order valence-corrected chi connectivity index (χ3v) is 9.86. The van der Waals surface area contributed by atoms with Crippen LogP contribution in [0.25, 0.3) is 77.9 Å². The second kappa shape index (κ2) is 12.8. The van der Waals surface area contributed by atoms with Crippen molar-refractivity contribution in [2.24, 2.45) is 4.99 Å². The summed E-state index contributed by atoms with van der Waals surface area (Å²) >= 11 is 0. The zero-order chi connectivity index (χ0) is 36.1. The summed E-state index contributed by atoms with van der Waals surface area (Å²) in [5.74, 6) is 0.628. The van der Waals surface area contributed by atoms with E-state index in [4.69, 9.17) is 18.8 Å².